The number of rotatable bonds is 5. The van der Waals surface area contributed by atoms with E-state index >= 15 is 0 Å². The topological polar surface area (TPSA) is 46.6 Å². The summed E-state index contributed by atoms with van der Waals surface area (Å²) in [7, 11) is -0.547. The normalized spacial score (nSPS) is 11.6. The number of hydrogen-bond acceptors (Lipinski definition) is 3. The minimum Gasteiger partial charge on any atom is -0.495 e. The summed E-state index contributed by atoms with van der Waals surface area (Å²) in [4.78, 5) is 0.198. The summed E-state index contributed by atoms with van der Waals surface area (Å²) < 4.78 is 31.9. The molecule has 21 heavy (non-hydrogen) atoms. The van der Waals surface area contributed by atoms with Gasteiger partial charge in [-0.05, 0) is 30.2 Å². The van der Waals surface area contributed by atoms with E-state index in [9.17, 15) is 8.42 Å². The maximum Gasteiger partial charge on any atom is 0.246 e. The number of nitrogens with zero attached hydrogens (tertiary/aromatic N) is 1. The van der Waals surface area contributed by atoms with Crippen molar-refractivity contribution in [3.8, 4) is 5.75 Å². The van der Waals surface area contributed by atoms with Crippen LogP contribution in [0, 0.1) is 6.92 Å². The number of aryl methyl sites for hydroxylation is 1. The second-order valence-electron chi connectivity index (χ2n) is 4.90. The fraction of sp³-hybridized carbons (Fsp3) is 0.250. The van der Waals surface area contributed by atoms with Crippen molar-refractivity contribution in [3.05, 3.63) is 59.7 Å². The third kappa shape index (κ3) is 3.43. The van der Waals surface area contributed by atoms with Crippen LogP contribution in [0.15, 0.2) is 53.4 Å². The van der Waals surface area contributed by atoms with Crippen molar-refractivity contribution < 1.29 is 13.2 Å². The Kier molecular flexibility index (Phi) is 4.65. The Bertz CT molecular complexity index is 712. The summed E-state index contributed by atoms with van der Waals surface area (Å²) >= 11 is 0. The second-order valence-corrected chi connectivity index (χ2v) is 6.91. The van der Waals surface area contributed by atoms with Crippen LogP contribution in [0.4, 0.5) is 0 Å². The van der Waals surface area contributed by atoms with Crippen molar-refractivity contribution in [2.75, 3.05) is 14.2 Å². The third-order valence-electron chi connectivity index (χ3n) is 3.26. The zero-order chi connectivity index (χ0) is 15.5. The maximum atomic E-state index is 12.7. The molecule has 0 aliphatic heterocycles. The highest BCUT2D eigenvalue weighted by Gasteiger charge is 2.24. The average molecular weight is 305 g/mol. The number of hydrogen-bond donors (Lipinski definition) is 0. The first-order chi connectivity index (χ1) is 9.95. The Hall–Kier alpha value is -1.85. The van der Waals surface area contributed by atoms with Crippen LogP contribution in [0.3, 0.4) is 0 Å². The van der Waals surface area contributed by atoms with Gasteiger partial charge in [-0.1, -0.05) is 36.4 Å². The first kappa shape index (κ1) is 15.5. The van der Waals surface area contributed by atoms with Gasteiger partial charge in [-0.15, -0.1) is 0 Å². The van der Waals surface area contributed by atoms with E-state index in [0.717, 1.165) is 11.1 Å². The van der Waals surface area contributed by atoms with Crippen LogP contribution in [0.2, 0.25) is 0 Å². The first-order valence-electron chi connectivity index (χ1n) is 6.60. The molecule has 0 heterocycles. The van der Waals surface area contributed by atoms with Gasteiger partial charge in [0.05, 0.1) is 7.11 Å². The van der Waals surface area contributed by atoms with Crippen molar-refractivity contribution in [1.29, 1.82) is 0 Å². The molecule has 2 aromatic carbocycles. The summed E-state index contributed by atoms with van der Waals surface area (Å²) in [5, 5.41) is 0. The van der Waals surface area contributed by atoms with Gasteiger partial charge in [-0.3, -0.25) is 0 Å². The SMILES string of the molecule is COc1ccc(C)cc1S(=O)(=O)N(C)Cc1ccccc1. The molecule has 0 saturated heterocycles. The predicted octanol–water partition coefficient (Wildman–Crippen LogP) is 2.82. The number of ether oxygens (including phenoxy) is 1. The zero-order valence-electron chi connectivity index (χ0n) is 12.4. The molecule has 0 atom stereocenters. The van der Waals surface area contributed by atoms with Crippen LogP contribution in [0.1, 0.15) is 11.1 Å². The van der Waals surface area contributed by atoms with Gasteiger partial charge < -0.3 is 4.74 Å². The Morgan fingerprint density at radius 3 is 2.38 bits per heavy atom. The van der Waals surface area contributed by atoms with Crippen molar-refractivity contribution in [2.24, 2.45) is 0 Å². The van der Waals surface area contributed by atoms with Gasteiger partial charge >= 0.3 is 0 Å². The molecule has 112 valence electrons. The van der Waals surface area contributed by atoms with Crippen LogP contribution < -0.4 is 4.74 Å². The molecule has 0 spiro atoms. The molecule has 2 aromatic rings. The summed E-state index contributed by atoms with van der Waals surface area (Å²) in [6.07, 6.45) is 0. The van der Waals surface area contributed by atoms with Gasteiger partial charge in [-0.2, -0.15) is 4.31 Å². The van der Waals surface area contributed by atoms with Crippen LogP contribution in [0.5, 0.6) is 5.75 Å². The fourth-order valence-electron chi connectivity index (χ4n) is 2.08. The molecule has 0 saturated carbocycles. The van der Waals surface area contributed by atoms with Crippen molar-refractivity contribution >= 4 is 10.0 Å². The van der Waals surface area contributed by atoms with E-state index in [0.29, 0.717) is 12.3 Å². The molecular weight excluding hydrogens is 286 g/mol. The van der Waals surface area contributed by atoms with Gasteiger partial charge in [0.25, 0.3) is 0 Å². The van der Waals surface area contributed by atoms with E-state index in [1.807, 2.05) is 43.3 Å². The van der Waals surface area contributed by atoms with E-state index in [1.54, 1.807) is 19.2 Å². The zero-order valence-corrected chi connectivity index (χ0v) is 13.2. The highest BCUT2D eigenvalue weighted by molar-refractivity contribution is 7.89. The van der Waals surface area contributed by atoms with Gasteiger partial charge in [0, 0.05) is 13.6 Å². The molecule has 0 fully saturated rings. The smallest absolute Gasteiger partial charge is 0.246 e. The van der Waals surface area contributed by atoms with Crippen LogP contribution in [-0.4, -0.2) is 26.9 Å². The Morgan fingerprint density at radius 2 is 1.76 bits per heavy atom. The molecule has 0 bridgehead atoms. The van der Waals surface area contributed by atoms with Gasteiger partial charge in [0.2, 0.25) is 10.0 Å². The van der Waals surface area contributed by atoms with E-state index in [1.165, 1.54) is 11.4 Å². The molecule has 0 aliphatic carbocycles. The summed E-state index contributed by atoms with van der Waals surface area (Å²) in [6.45, 7) is 2.18. The monoisotopic (exact) mass is 305 g/mol. The molecule has 0 radical (unpaired) electrons. The van der Waals surface area contributed by atoms with E-state index in [2.05, 4.69) is 0 Å². The van der Waals surface area contributed by atoms with E-state index in [-0.39, 0.29) is 4.90 Å². The Labute approximate surface area is 126 Å². The molecule has 0 aromatic heterocycles. The third-order valence-corrected chi connectivity index (χ3v) is 5.08. The molecule has 4 nitrogen and oxygen atoms in total. The lowest BCUT2D eigenvalue weighted by Crippen LogP contribution is -2.27. The number of methoxy groups -OCH3 is 1. The standard InChI is InChI=1S/C16H19NO3S/c1-13-9-10-15(20-3)16(11-13)21(18,19)17(2)12-14-7-5-4-6-8-14/h4-11H,12H2,1-3H3. The van der Waals surface area contributed by atoms with Gasteiger partial charge in [0.1, 0.15) is 10.6 Å². The van der Waals surface area contributed by atoms with Crippen LogP contribution in [0.25, 0.3) is 0 Å². The quantitative estimate of drug-likeness (QED) is 0.853. The molecule has 0 aliphatic rings. The minimum atomic E-state index is -3.59. The van der Waals surface area contributed by atoms with Gasteiger partial charge in [0.15, 0.2) is 0 Å². The molecule has 0 N–H and O–H groups in total. The first-order valence-corrected chi connectivity index (χ1v) is 8.04. The Morgan fingerprint density at radius 1 is 1.10 bits per heavy atom. The van der Waals surface area contributed by atoms with E-state index < -0.39 is 10.0 Å². The predicted molar refractivity (Wildman–Crippen MR) is 82.8 cm³/mol. The molecule has 0 amide bonds. The lowest BCUT2D eigenvalue weighted by Gasteiger charge is -2.19. The largest absolute Gasteiger partial charge is 0.495 e. The van der Waals surface area contributed by atoms with Crippen LogP contribution >= 0.6 is 0 Å². The molecule has 0 unspecified atom stereocenters. The number of benzene rings is 2. The lowest BCUT2D eigenvalue weighted by molar-refractivity contribution is 0.397. The van der Waals surface area contributed by atoms with E-state index in [4.69, 9.17) is 4.74 Å². The van der Waals surface area contributed by atoms with Crippen molar-refractivity contribution in [2.45, 2.75) is 18.4 Å². The summed E-state index contributed by atoms with van der Waals surface area (Å²) in [5.41, 5.74) is 1.82. The molecule has 5 heteroatoms. The fourth-order valence-corrected chi connectivity index (χ4v) is 3.47. The lowest BCUT2D eigenvalue weighted by atomic mass is 10.2. The second kappa shape index (κ2) is 6.28. The Balaban J connectivity index is 2.35. The maximum absolute atomic E-state index is 12.7. The van der Waals surface area contributed by atoms with Crippen molar-refractivity contribution in [3.63, 3.8) is 0 Å². The minimum absolute atomic E-state index is 0.198. The van der Waals surface area contributed by atoms with Crippen molar-refractivity contribution in [1.82, 2.24) is 4.31 Å². The molecular formula is C16H19NO3S. The number of sulfonamides is 1. The summed E-state index contributed by atoms with van der Waals surface area (Å²) in [5.74, 6) is 0.362. The van der Waals surface area contributed by atoms with Crippen LogP contribution in [-0.2, 0) is 16.6 Å². The average Bonchev–Trinajstić information content (AvgIpc) is 2.48. The summed E-state index contributed by atoms with van der Waals surface area (Å²) in [6, 6.07) is 14.6. The molecule has 2 rings (SSSR count). The highest BCUT2D eigenvalue weighted by Crippen LogP contribution is 2.27. The highest BCUT2D eigenvalue weighted by atomic mass is 32.2. The van der Waals surface area contributed by atoms with Gasteiger partial charge in [-0.25, -0.2) is 8.42 Å².